The van der Waals surface area contributed by atoms with Crippen LogP contribution in [-0.4, -0.2) is 6.54 Å². The van der Waals surface area contributed by atoms with Crippen LogP contribution in [0.3, 0.4) is 0 Å². The number of rotatable bonds is 5. The zero-order chi connectivity index (χ0) is 13.7. The van der Waals surface area contributed by atoms with Crippen LogP contribution in [0.15, 0.2) is 48.5 Å². The first-order valence-electron chi connectivity index (χ1n) is 6.37. The van der Waals surface area contributed by atoms with Crippen LogP contribution in [0.2, 0.25) is 5.02 Å². The van der Waals surface area contributed by atoms with E-state index in [1.165, 1.54) is 11.6 Å². The van der Waals surface area contributed by atoms with Crippen molar-refractivity contribution in [1.29, 1.82) is 0 Å². The second-order valence-corrected chi connectivity index (χ2v) is 5.05. The second kappa shape index (κ2) is 6.69. The minimum absolute atomic E-state index is 0.257. The first-order valence-corrected chi connectivity index (χ1v) is 6.75. The molecule has 0 amide bonds. The summed E-state index contributed by atoms with van der Waals surface area (Å²) in [6, 6.07) is 15.0. The van der Waals surface area contributed by atoms with E-state index in [0.717, 1.165) is 6.54 Å². The van der Waals surface area contributed by atoms with E-state index in [1.807, 2.05) is 18.2 Å². The van der Waals surface area contributed by atoms with Gasteiger partial charge in [-0.25, -0.2) is 4.39 Å². The summed E-state index contributed by atoms with van der Waals surface area (Å²) in [5.74, 6) is 0.124. The van der Waals surface area contributed by atoms with Crippen molar-refractivity contribution in [3.8, 4) is 0 Å². The molecule has 0 aliphatic heterocycles. The lowest BCUT2D eigenvalue weighted by molar-refractivity contribution is 0.571. The predicted octanol–water partition coefficient (Wildman–Crippen LogP) is 4.37. The van der Waals surface area contributed by atoms with Crippen molar-refractivity contribution in [1.82, 2.24) is 5.32 Å². The zero-order valence-corrected chi connectivity index (χ0v) is 11.6. The lowest BCUT2D eigenvalue weighted by atomic mass is 10.0. The summed E-state index contributed by atoms with van der Waals surface area (Å²) in [4.78, 5) is 0. The molecule has 0 aliphatic carbocycles. The molecule has 1 unspecified atom stereocenters. The van der Waals surface area contributed by atoms with Gasteiger partial charge < -0.3 is 5.32 Å². The van der Waals surface area contributed by atoms with Gasteiger partial charge in [-0.2, -0.15) is 0 Å². The number of halogens is 2. The first-order chi connectivity index (χ1) is 9.18. The lowest BCUT2D eigenvalue weighted by Gasteiger charge is -2.14. The largest absolute Gasteiger partial charge is 0.312 e. The van der Waals surface area contributed by atoms with Crippen molar-refractivity contribution in [2.24, 2.45) is 0 Å². The van der Waals surface area contributed by atoms with Gasteiger partial charge in [0.2, 0.25) is 0 Å². The minimum atomic E-state index is -0.257. The maximum Gasteiger partial charge on any atom is 0.129 e. The van der Waals surface area contributed by atoms with Crippen LogP contribution in [0.4, 0.5) is 4.39 Å². The highest BCUT2D eigenvalue weighted by Crippen LogP contribution is 2.19. The third-order valence-corrected chi connectivity index (χ3v) is 3.54. The fourth-order valence-corrected chi connectivity index (χ4v) is 2.24. The van der Waals surface area contributed by atoms with Crippen molar-refractivity contribution < 1.29 is 4.39 Å². The Kier molecular flexibility index (Phi) is 4.94. The molecule has 1 N–H and O–H groups in total. The van der Waals surface area contributed by atoms with E-state index >= 15 is 0 Å². The van der Waals surface area contributed by atoms with Crippen LogP contribution in [0, 0.1) is 5.82 Å². The topological polar surface area (TPSA) is 12.0 Å². The van der Waals surface area contributed by atoms with Gasteiger partial charge in [0.15, 0.2) is 0 Å². The molecule has 1 atom stereocenters. The van der Waals surface area contributed by atoms with Gasteiger partial charge in [0.25, 0.3) is 0 Å². The molecule has 100 valence electrons. The highest BCUT2D eigenvalue weighted by molar-refractivity contribution is 6.31. The summed E-state index contributed by atoms with van der Waals surface area (Å²) in [6.07, 6.45) is 0. The van der Waals surface area contributed by atoms with Crippen molar-refractivity contribution >= 4 is 11.6 Å². The van der Waals surface area contributed by atoms with E-state index < -0.39 is 0 Å². The van der Waals surface area contributed by atoms with Gasteiger partial charge >= 0.3 is 0 Å². The van der Waals surface area contributed by atoms with Gasteiger partial charge in [-0.1, -0.05) is 54.9 Å². The van der Waals surface area contributed by atoms with Crippen LogP contribution in [0.5, 0.6) is 0 Å². The molecule has 19 heavy (non-hydrogen) atoms. The lowest BCUT2D eigenvalue weighted by Crippen LogP contribution is -2.20. The molecule has 1 nitrogen and oxygen atoms in total. The summed E-state index contributed by atoms with van der Waals surface area (Å²) < 4.78 is 13.6. The van der Waals surface area contributed by atoms with Crippen LogP contribution < -0.4 is 5.32 Å². The maximum absolute atomic E-state index is 13.6. The normalized spacial score (nSPS) is 12.4. The van der Waals surface area contributed by atoms with E-state index in [9.17, 15) is 4.39 Å². The van der Waals surface area contributed by atoms with Gasteiger partial charge in [-0.15, -0.1) is 0 Å². The highest BCUT2D eigenvalue weighted by Gasteiger charge is 2.08. The predicted molar refractivity (Wildman–Crippen MR) is 78.0 cm³/mol. The molecule has 0 spiro atoms. The Hall–Kier alpha value is -1.38. The van der Waals surface area contributed by atoms with Gasteiger partial charge in [0.05, 0.1) is 0 Å². The zero-order valence-electron chi connectivity index (χ0n) is 10.9. The number of nitrogens with one attached hydrogen (secondary N) is 1. The minimum Gasteiger partial charge on any atom is -0.312 e. The molecule has 0 saturated heterocycles. The monoisotopic (exact) mass is 277 g/mol. The molecule has 0 heterocycles. The molecular weight excluding hydrogens is 261 g/mol. The third-order valence-electron chi connectivity index (χ3n) is 3.18. The van der Waals surface area contributed by atoms with Crippen molar-refractivity contribution in [3.05, 3.63) is 70.5 Å². The fraction of sp³-hybridized carbons (Fsp3) is 0.250. The summed E-state index contributed by atoms with van der Waals surface area (Å²) in [6.45, 7) is 3.38. The number of benzene rings is 2. The molecule has 0 radical (unpaired) electrons. The summed E-state index contributed by atoms with van der Waals surface area (Å²) in [5.41, 5.74) is 1.80. The van der Waals surface area contributed by atoms with Gasteiger partial charge in [0.1, 0.15) is 5.82 Å². The Labute approximate surface area is 118 Å². The van der Waals surface area contributed by atoms with Crippen LogP contribution in [-0.2, 0) is 6.54 Å². The molecule has 2 aromatic rings. The summed E-state index contributed by atoms with van der Waals surface area (Å²) in [5, 5.41) is 3.73. The smallest absolute Gasteiger partial charge is 0.129 e. The van der Waals surface area contributed by atoms with Gasteiger partial charge in [-0.3, -0.25) is 0 Å². The molecule has 3 heteroatoms. The average molecular weight is 278 g/mol. The maximum atomic E-state index is 13.6. The second-order valence-electron chi connectivity index (χ2n) is 4.64. The number of hydrogen-bond acceptors (Lipinski definition) is 1. The molecule has 2 rings (SSSR count). The van der Waals surface area contributed by atoms with E-state index in [0.29, 0.717) is 23.0 Å². The van der Waals surface area contributed by atoms with E-state index in [4.69, 9.17) is 11.6 Å². The molecule has 2 aromatic carbocycles. The molecule has 0 saturated carbocycles. The van der Waals surface area contributed by atoms with E-state index in [-0.39, 0.29) is 5.82 Å². The molecule has 0 aliphatic rings. The Morgan fingerprint density at radius 1 is 1.11 bits per heavy atom. The number of hydrogen-bond donors (Lipinski definition) is 1. The average Bonchev–Trinajstić information content (AvgIpc) is 2.43. The molecule has 0 bridgehead atoms. The SMILES string of the molecule is CC(CNCc1c(F)cccc1Cl)c1ccccc1. The quantitative estimate of drug-likeness (QED) is 0.856. The van der Waals surface area contributed by atoms with Gasteiger partial charge in [-0.05, 0) is 23.6 Å². The standard InChI is InChI=1S/C16H17ClFN/c1-12(13-6-3-2-4-7-13)10-19-11-14-15(17)8-5-9-16(14)18/h2-9,12,19H,10-11H2,1H3. The fourth-order valence-electron chi connectivity index (χ4n) is 2.01. The van der Waals surface area contributed by atoms with Crippen LogP contribution in [0.1, 0.15) is 24.0 Å². The Bertz CT molecular complexity index is 507. The van der Waals surface area contributed by atoms with Crippen molar-refractivity contribution in [2.75, 3.05) is 6.54 Å². The van der Waals surface area contributed by atoms with Crippen LogP contribution in [0.25, 0.3) is 0 Å². The van der Waals surface area contributed by atoms with E-state index in [1.54, 1.807) is 12.1 Å². The summed E-state index contributed by atoms with van der Waals surface area (Å²) in [7, 11) is 0. The molecule has 0 aromatic heterocycles. The molecular formula is C16H17ClFN. The summed E-state index contributed by atoms with van der Waals surface area (Å²) >= 11 is 5.98. The van der Waals surface area contributed by atoms with Crippen molar-refractivity contribution in [3.63, 3.8) is 0 Å². The Morgan fingerprint density at radius 2 is 1.84 bits per heavy atom. The van der Waals surface area contributed by atoms with E-state index in [2.05, 4.69) is 24.4 Å². The molecule has 0 fully saturated rings. The Balaban J connectivity index is 1.90. The van der Waals surface area contributed by atoms with Gasteiger partial charge in [0, 0.05) is 23.7 Å². The Morgan fingerprint density at radius 3 is 2.53 bits per heavy atom. The van der Waals surface area contributed by atoms with Crippen molar-refractivity contribution in [2.45, 2.75) is 19.4 Å². The third kappa shape index (κ3) is 3.79. The first kappa shape index (κ1) is 14.0. The van der Waals surface area contributed by atoms with Crippen LogP contribution >= 0.6 is 11.6 Å². The highest BCUT2D eigenvalue weighted by atomic mass is 35.5.